The van der Waals surface area contributed by atoms with E-state index in [-0.39, 0.29) is 5.91 Å². The van der Waals surface area contributed by atoms with Crippen LogP contribution in [0.1, 0.15) is 35.1 Å². The molecule has 0 atom stereocenters. The molecule has 3 heterocycles. The van der Waals surface area contributed by atoms with Crippen LogP contribution >= 0.6 is 11.3 Å². The van der Waals surface area contributed by atoms with Crippen LogP contribution in [0, 0.1) is 12.8 Å². The summed E-state index contributed by atoms with van der Waals surface area (Å²) in [5.74, 6) is 0.817. The van der Waals surface area contributed by atoms with Crippen molar-refractivity contribution >= 4 is 22.2 Å². The van der Waals surface area contributed by atoms with Crippen molar-refractivity contribution in [3.63, 3.8) is 0 Å². The van der Waals surface area contributed by atoms with Crippen LogP contribution in [0.4, 0.5) is 0 Å². The third-order valence-corrected chi connectivity index (χ3v) is 4.47. The molecule has 0 bridgehead atoms. The molecule has 0 N–H and O–H groups in total. The van der Waals surface area contributed by atoms with Crippen LogP contribution in [0.2, 0.25) is 0 Å². The lowest BCUT2D eigenvalue weighted by molar-refractivity contribution is 0.0692. The molecule has 0 radical (unpaired) electrons. The molecule has 3 rings (SSSR count). The molecule has 1 aliphatic heterocycles. The molecule has 1 amide bonds. The van der Waals surface area contributed by atoms with E-state index < -0.39 is 0 Å². The molecule has 0 aromatic carbocycles. The number of thiazole rings is 1. The minimum Gasteiger partial charge on any atom is -0.337 e. The van der Waals surface area contributed by atoms with Gasteiger partial charge in [-0.05, 0) is 25.7 Å². The monoisotopic (exact) mass is 263 g/mol. The van der Waals surface area contributed by atoms with E-state index in [0.717, 1.165) is 36.8 Å². The molecule has 1 saturated heterocycles. The van der Waals surface area contributed by atoms with E-state index in [1.54, 1.807) is 11.3 Å². The summed E-state index contributed by atoms with van der Waals surface area (Å²) in [6, 6.07) is 0. The van der Waals surface area contributed by atoms with Gasteiger partial charge in [0.05, 0.1) is 0 Å². The van der Waals surface area contributed by atoms with Gasteiger partial charge in [-0.2, -0.15) is 0 Å². The number of hydrogen-bond acceptors (Lipinski definition) is 3. The van der Waals surface area contributed by atoms with Crippen LogP contribution in [0.15, 0.2) is 12.4 Å². The number of aromatic nitrogens is 2. The van der Waals surface area contributed by atoms with Crippen molar-refractivity contribution in [2.24, 2.45) is 5.92 Å². The number of imidazole rings is 1. The number of nitrogens with zero attached hydrogens (tertiary/aromatic N) is 3. The third kappa shape index (κ3) is 2.03. The number of fused-ring (bicyclic) bond motifs is 1. The van der Waals surface area contributed by atoms with Gasteiger partial charge in [0, 0.05) is 30.4 Å². The van der Waals surface area contributed by atoms with Gasteiger partial charge in [0.1, 0.15) is 5.69 Å². The number of rotatable bonds is 1. The van der Waals surface area contributed by atoms with Crippen LogP contribution in [-0.2, 0) is 0 Å². The van der Waals surface area contributed by atoms with Gasteiger partial charge in [-0.1, -0.05) is 6.92 Å². The van der Waals surface area contributed by atoms with Gasteiger partial charge in [0.25, 0.3) is 5.91 Å². The lowest BCUT2D eigenvalue weighted by atomic mass is 9.99. The van der Waals surface area contributed by atoms with Crippen LogP contribution in [0.3, 0.4) is 0 Å². The molecular weight excluding hydrogens is 246 g/mol. The Labute approximate surface area is 110 Å². The lowest BCUT2D eigenvalue weighted by Crippen LogP contribution is -2.38. The summed E-state index contributed by atoms with van der Waals surface area (Å²) in [7, 11) is 0. The summed E-state index contributed by atoms with van der Waals surface area (Å²) in [6.07, 6.45) is 6.07. The maximum atomic E-state index is 12.3. The summed E-state index contributed by atoms with van der Waals surface area (Å²) in [5, 5.41) is 0. The number of likely N-dealkylation sites (tertiary alicyclic amines) is 1. The van der Waals surface area contributed by atoms with Crippen molar-refractivity contribution in [2.75, 3.05) is 13.1 Å². The summed E-state index contributed by atoms with van der Waals surface area (Å²) < 4.78 is 1.94. The minimum atomic E-state index is 0.0791. The number of hydrogen-bond donors (Lipinski definition) is 0. The molecule has 18 heavy (non-hydrogen) atoms. The maximum absolute atomic E-state index is 12.3. The Kier molecular flexibility index (Phi) is 2.86. The fourth-order valence-corrected chi connectivity index (χ4v) is 3.20. The standard InChI is InChI=1S/C13H17N3OS/c1-9-3-5-15(6-4-9)12(17)11-8-16-7-10(2)18-13(16)14-11/h7-9H,3-6H2,1-2H3. The van der Waals surface area contributed by atoms with Gasteiger partial charge < -0.3 is 4.90 Å². The fraction of sp³-hybridized carbons (Fsp3) is 0.538. The number of carbonyl (C=O) groups excluding carboxylic acids is 1. The van der Waals surface area contributed by atoms with E-state index in [9.17, 15) is 4.79 Å². The first-order valence-electron chi connectivity index (χ1n) is 6.38. The summed E-state index contributed by atoms with van der Waals surface area (Å²) in [6.45, 7) is 6.03. The lowest BCUT2D eigenvalue weighted by Gasteiger charge is -2.29. The summed E-state index contributed by atoms with van der Waals surface area (Å²) >= 11 is 1.62. The third-order valence-electron chi connectivity index (χ3n) is 3.56. The van der Waals surface area contributed by atoms with Crippen LogP contribution < -0.4 is 0 Å². The second kappa shape index (κ2) is 4.39. The van der Waals surface area contributed by atoms with E-state index in [1.807, 2.05) is 28.6 Å². The first-order valence-corrected chi connectivity index (χ1v) is 7.19. The van der Waals surface area contributed by atoms with Crippen molar-refractivity contribution in [3.8, 4) is 0 Å². The Morgan fingerprint density at radius 1 is 1.39 bits per heavy atom. The second-order valence-electron chi connectivity index (χ2n) is 5.13. The normalized spacial score (nSPS) is 17.6. The maximum Gasteiger partial charge on any atom is 0.274 e. The Balaban J connectivity index is 1.81. The van der Waals surface area contributed by atoms with Crippen molar-refractivity contribution in [1.29, 1.82) is 0 Å². The Morgan fingerprint density at radius 3 is 2.78 bits per heavy atom. The zero-order valence-corrected chi connectivity index (χ0v) is 11.5. The molecule has 2 aromatic heterocycles. The molecule has 0 unspecified atom stereocenters. The Bertz CT molecular complexity index is 547. The van der Waals surface area contributed by atoms with E-state index in [1.165, 1.54) is 4.88 Å². The van der Waals surface area contributed by atoms with E-state index >= 15 is 0 Å². The van der Waals surface area contributed by atoms with E-state index in [4.69, 9.17) is 0 Å². The average Bonchev–Trinajstić information content (AvgIpc) is 2.86. The first kappa shape index (κ1) is 11.7. The molecule has 2 aromatic rings. The van der Waals surface area contributed by atoms with E-state index in [2.05, 4.69) is 11.9 Å². The molecular formula is C13H17N3OS. The zero-order chi connectivity index (χ0) is 12.7. The smallest absolute Gasteiger partial charge is 0.274 e. The quantitative estimate of drug-likeness (QED) is 0.793. The molecule has 4 nitrogen and oxygen atoms in total. The van der Waals surface area contributed by atoms with Gasteiger partial charge in [-0.15, -0.1) is 11.3 Å². The molecule has 0 saturated carbocycles. The summed E-state index contributed by atoms with van der Waals surface area (Å²) in [4.78, 5) is 20.8. The van der Waals surface area contributed by atoms with Crippen LogP contribution in [0.5, 0.6) is 0 Å². The fourth-order valence-electron chi connectivity index (χ4n) is 2.39. The van der Waals surface area contributed by atoms with Crippen molar-refractivity contribution in [2.45, 2.75) is 26.7 Å². The predicted molar refractivity (Wildman–Crippen MR) is 72.1 cm³/mol. The highest BCUT2D eigenvalue weighted by Crippen LogP contribution is 2.20. The molecule has 0 aliphatic carbocycles. The predicted octanol–water partition coefficient (Wildman–Crippen LogP) is 2.58. The number of aryl methyl sites for hydroxylation is 1. The van der Waals surface area contributed by atoms with Gasteiger partial charge in [0.2, 0.25) is 0 Å². The van der Waals surface area contributed by atoms with Crippen LogP contribution in [0.25, 0.3) is 4.96 Å². The first-order chi connectivity index (χ1) is 8.63. The second-order valence-corrected chi connectivity index (χ2v) is 6.35. The number of carbonyl (C=O) groups is 1. The largest absolute Gasteiger partial charge is 0.337 e. The topological polar surface area (TPSA) is 37.6 Å². The van der Waals surface area contributed by atoms with Crippen molar-refractivity contribution in [1.82, 2.24) is 14.3 Å². The Hall–Kier alpha value is -1.36. The van der Waals surface area contributed by atoms with Crippen LogP contribution in [-0.4, -0.2) is 33.3 Å². The molecule has 0 spiro atoms. The molecule has 96 valence electrons. The number of amides is 1. The van der Waals surface area contributed by atoms with Gasteiger partial charge in [-0.3, -0.25) is 9.20 Å². The van der Waals surface area contributed by atoms with Gasteiger partial charge >= 0.3 is 0 Å². The molecule has 5 heteroatoms. The van der Waals surface area contributed by atoms with E-state index in [0.29, 0.717) is 5.69 Å². The highest BCUT2D eigenvalue weighted by molar-refractivity contribution is 7.17. The minimum absolute atomic E-state index is 0.0791. The number of piperidine rings is 1. The Morgan fingerprint density at radius 2 is 2.11 bits per heavy atom. The molecule has 1 aliphatic rings. The van der Waals surface area contributed by atoms with Gasteiger partial charge in [0.15, 0.2) is 4.96 Å². The zero-order valence-electron chi connectivity index (χ0n) is 10.7. The SMILES string of the molecule is Cc1cn2cc(C(=O)N3CCC(C)CC3)nc2s1. The molecule has 1 fully saturated rings. The highest BCUT2D eigenvalue weighted by Gasteiger charge is 2.23. The highest BCUT2D eigenvalue weighted by atomic mass is 32.1. The summed E-state index contributed by atoms with van der Waals surface area (Å²) in [5.41, 5.74) is 0.579. The average molecular weight is 263 g/mol. The van der Waals surface area contributed by atoms with Gasteiger partial charge in [-0.25, -0.2) is 4.98 Å². The van der Waals surface area contributed by atoms with Crippen molar-refractivity contribution < 1.29 is 4.79 Å². The van der Waals surface area contributed by atoms with Crippen molar-refractivity contribution in [3.05, 3.63) is 23.0 Å².